The van der Waals surface area contributed by atoms with Gasteiger partial charge in [0.05, 0.1) is 28.2 Å². The lowest BCUT2D eigenvalue weighted by molar-refractivity contribution is 0.532. The number of hydrogen-bond donors (Lipinski definition) is 0. The van der Waals surface area contributed by atoms with Crippen molar-refractivity contribution < 1.29 is 0 Å². The van der Waals surface area contributed by atoms with Crippen LogP contribution >= 0.6 is 45.3 Å². The second-order valence-electron chi connectivity index (χ2n) is 9.56. The Hall–Kier alpha value is -0.420. The highest BCUT2D eigenvalue weighted by Crippen LogP contribution is 2.50. The molecule has 0 atom stereocenters. The summed E-state index contributed by atoms with van der Waals surface area (Å²) in [5, 5.41) is 4.77. The molecule has 0 aliphatic rings. The summed E-state index contributed by atoms with van der Waals surface area (Å²) in [5.74, 6) is 0. The van der Waals surface area contributed by atoms with Crippen molar-refractivity contribution >= 4 is 73.5 Å². The van der Waals surface area contributed by atoms with E-state index in [1.54, 1.807) is 24.4 Å². The average molecular weight is 505 g/mol. The van der Waals surface area contributed by atoms with Gasteiger partial charge in [0.2, 0.25) is 0 Å². The molecular weight excluding hydrogens is 465 g/mol. The van der Waals surface area contributed by atoms with Crippen LogP contribution in [0.3, 0.4) is 0 Å². The van der Waals surface area contributed by atoms with E-state index in [1.807, 2.05) is 34.0 Å². The van der Waals surface area contributed by atoms with E-state index in [2.05, 4.69) is 35.9 Å². The first-order valence-corrected chi connectivity index (χ1v) is 16.5. The normalized spacial score (nSPS) is 12.2. The minimum atomic E-state index is 1.28. The predicted octanol–water partition coefficient (Wildman–Crippen LogP) is 12.1. The summed E-state index contributed by atoms with van der Waals surface area (Å²) in [7, 11) is 0. The van der Waals surface area contributed by atoms with Crippen LogP contribution in [-0.4, -0.2) is 0 Å². The molecule has 0 radical (unpaired) electrons. The Morgan fingerprint density at radius 1 is 0.500 bits per heavy atom. The quantitative estimate of drug-likeness (QED) is 0.133. The Morgan fingerprint density at radius 3 is 1.56 bits per heavy atom. The van der Waals surface area contributed by atoms with Gasteiger partial charge in [-0.1, -0.05) is 96.8 Å². The van der Waals surface area contributed by atoms with Gasteiger partial charge in [-0.3, -0.25) is 0 Å². The monoisotopic (exact) mass is 504 g/mol. The summed E-state index contributed by atoms with van der Waals surface area (Å²) in [6.45, 7) is 4.56. The van der Waals surface area contributed by atoms with Gasteiger partial charge >= 0.3 is 0 Å². The zero-order valence-electron chi connectivity index (χ0n) is 20.1. The molecule has 0 bridgehead atoms. The smallest absolute Gasteiger partial charge is 0.0650 e. The average Bonchev–Trinajstić information content (AvgIpc) is 3.52. The van der Waals surface area contributed by atoms with E-state index in [0.717, 1.165) is 0 Å². The molecule has 0 aliphatic heterocycles. The van der Waals surface area contributed by atoms with E-state index in [4.69, 9.17) is 0 Å². The van der Waals surface area contributed by atoms with Crippen LogP contribution < -0.4 is 0 Å². The second-order valence-corrected chi connectivity index (χ2v) is 13.4. The first-order chi connectivity index (χ1) is 15.8. The summed E-state index contributed by atoms with van der Waals surface area (Å²) in [6, 6.07) is 0. The predicted molar refractivity (Wildman–Crippen MR) is 154 cm³/mol. The lowest BCUT2D eigenvalue weighted by atomic mass is 10.0. The third-order valence-electron chi connectivity index (χ3n) is 6.81. The lowest BCUT2D eigenvalue weighted by Crippen LogP contribution is -1.85. The molecule has 0 aromatic carbocycles. The molecule has 0 nitrogen and oxygen atoms in total. The minimum Gasteiger partial charge on any atom is -0.141 e. The largest absolute Gasteiger partial charge is 0.141 e. The number of unbranched alkanes of at least 4 members (excludes halogenated alkanes) is 14. The van der Waals surface area contributed by atoms with Crippen molar-refractivity contribution in [3.63, 3.8) is 0 Å². The highest BCUT2D eigenvalue weighted by molar-refractivity contribution is 7.44. The van der Waals surface area contributed by atoms with Crippen molar-refractivity contribution in [3.05, 3.63) is 21.9 Å². The molecule has 0 amide bonds. The van der Waals surface area contributed by atoms with Gasteiger partial charge in [0.25, 0.3) is 0 Å². The van der Waals surface area contributed by atoms with Crippen LogP contribution in [0.2, 0.25) is 0 Å². The van der Waals surface area contributed by atoms with Crippen molar-refractivity contribution in [1.82, 2.24) is 0 Å². The Labute approximate surface area is 211 Å². The Bertz CT molecular complexity index is 1070. The van der Waals surface area contributed by atoms with E-state index >= 15 is 0 Å². The molecule has 0 saturated carbocycles. The third kappa shape index (κ3) is 6.17. The van der Waals surface area contributed by atoms with Gasteiger partial charge in [-0.2, -0.15) is 0 Å². The van der Waals surface area contributed by atoms with E-state index in [-0.39, 0.29) is 0 Å². The Kier molecular flexibility index (Phi) is 9.94. The third-order valence-corrected chi connectivity index (χ3v) is 12.2. The lowest BCUT2D eigenvalue weighted by Gasteiger charge is -2.03. The van der Waals surface area contributed by atoms with Crippen LogP contribution in [0.1, 0.15) is 114 Å². The molecule has 4 aromatic rings. The van der Waals surface area contributed by atoms with Crippen LogP contribution in [0.15, 0.2) is 10.8 Å². The van der Waals surface area contributed by atoms with Crippen molar-refractivity contribution in [2.45, 2.75) is 117 Å². The maximum Gasteiger partial charge on any atom is 0.0650 e. The summed E-state index contributed by atoms with van der Waals surface area (Å²) in [6.07, 6.45) is 22.9. The van der Waals surface area contributed by atoms with Crippen molar-refractivity contribution in [1.29, 1.82) is 0 Å². The maximum atomic E-state index is 2.45. The first kappa shape index (κ1) is 24.7. The van der Waals surface area contributed by atoms with Crippen molar-refractivity contribution in [2.24, 2.45) is 0 Å². The molecule has 0 N–H and O–H groups in total. The maximum absolute atomic E-state index is 2.45. The summed E-state index contributed by atoms with van der Waals surface area (Å²) in [4.78, 5) is 0. The van der Waals surface area contributed by atoms with Gasteiger partial charge in [0.1, 0.15) is 0 Å². The fourth-order valence-corrected chi connectivity index (χ4v) is 10.5. The zero-order chi connectivity index (χ0) is 22.2. The van der Waals surface area contributed by atoms with E-state index in [0.29, 0.717) is 0 Å². The molecule has 4 heterocycles. The first-order valence-electron chi connectivity index (χ1n) is 13.1. The van der Waals surface area contributed by atoms with Gasteiger partial charge in [0.15, 0.2) is 0 Å². The molecule has 4 aromatic heterocycles. The molecule has 0 unspecified atom stereocenters. The molecule has 176 valence electrons. The zero-order valence-corrected chi connectivity index (χ0v) is 23.4. The Morgan fingerprint density at radius 2 is 0.969 bits per heavy atom. The SMILES string of the molecule is CCCCCCCCCCCCCCCCCc1csc2c1sc1c3scc(C)c3sc21. The molecule has 32 heavy (non-hydrogen) atoms. The van der Waals surface area contributed by atoms with E-state index in [9.17, 15) is 0 Å². The van der Waals surface area contributed by atoms with Gasteiger partial charge in [-0.25, -0.2) is 0 Å². The van der Waals surface area contributed by atoms with Gasteiger partial charge in [-0.15, -0.1) is 45.3 Å². The fourth-order valence-electron chi connectivity index (χ4n) is 4.82. The highest BCUT2D eigenvalue weighted by atomic mass is 32.1. The van der Waals surface area contributed by atoms with Crippen LogP contribution in [0.4, 0.5) is 0 Å². The van der Waals surface area contributed by atoms with E-state index < -0.39 is 0 Å². The molecular formula is C28H40S4. The summed E-state index contributed by atoms with van der Waals surface area (Å²) < 4.78 is 9.33. The molecule has 0 saturated heterocycles. The minimum absolute atomic E-state index is 1.28. The summed E-state index contributed by atoms with van der Waals surface area (Å²) >= 11 is 8.02. The standard InChI is InChI=1S/C28H40S4/c1-3-4-5-6-7-8-9-10-11-12-13-14-15-16-17-18-22-20-30-26-24(22)32-27-25-23(31-28(26)27)21(2)19-29-25/h19-20H,3-18H2,1-2H3. The second kappa shape index (κ2) is 12.9. The molecule has 4 rings (SSSR count). The fraction of sp³-hybridized carbons (Fsp3) is 0.643. The van der Waals surface area contributed by atoms with Gasteiger partial charge < -0.3 is 0 Å². The number of aryl methyl sites for hydroxylation is 2. The van der Waals surface area contributed by atoms with E-state index in [1.165, 1.54) is 118 Å². The van der Waals surface area contributed by atoms with Gasteiger partial charge in [0, 0.05) is 0 Å². The number of hydrogen-bond acceptors (Lipinski definition) is 4. The topological polar surface area (TPSA) is 0 Å². The van der Waals surface area contributed by atoms with Crippen molar-refractivity contribution in [2.75, 3.05) is 0 Å². The van der Waals surface area contributed by atoms with Gasteiger partial charge in [-0.05, 0) is 41.7 Å². The van der Waals surface area contributed by atoms with Crippen molar-refractivity contribution in [3.8, 4) is 0 Å². The number of thiophene rings is 4. The Balaban J connectivity index is 1.08. The summed E-state index contributed by atoms with van der Waals surface area (Å²) in [5.41, 5.74) is 3.08. The van der Waals surface area contributed by atoms with Crippen LogP contribution in [0.25, 0.3) is 28.2 Å². The van der Waals surface area contributed by atoms with Crippen LogP contribution in [0.5, 0.6) is 0 Å². The number of fused-ring (bicyclic) bond motifs is 5. The molecule has 4 heteroatoms. The highest BCUT2D eigenvalue weighted by Gasteiger charge is 2.17. The molecule has 0 fully saturated rings. The number of rotatable bonds is 16. The van der Waals surface area contributed by atoms with Crippen LogP contribution in [-0.2, 0) is 6.42 Å². The molecule has 0 aliphatic carbocycles. The van der Waals surface area contributed by atoms with Crippen LogP contribution in [0, 0.1) is 6.92 Å². The molecule has 0 spiro atoms.